The molecule has 2 N–H and O–H groups in total. The van der Waals surface area contributed by atoms with E-state index in [1.807, 2.05) is 19.1 Å². The number of benzene rings is 1. The van der Waals surface area contributed by atoms with Crippen molar-refractivity contribution in [3.8, 4) is 0 Å². The summed E-state index contributed by atoms with van der Waals surface area (Å²) in [4.78, 5) is 22.9. The monoisotopic (exact) mass is 348 g/mol. The first-order chi connectivity index (χ1) is 10.4. The van der Waals surface area contributed by atoms with Gasteiger partial charge in [-0.1, -0.05) is 29.3 Å². The highest BCUT2D eigenvalue weighted by molar-refractivity contribution is 6.35. The Hall–Kier alpha value is -1.50. The highest BCUT2D eigenvalue weighted by Gasteiger charge is 2.16. The van der Waals surface area contributed by atoms with Gasteiger partial charge in [0, 0.05) is 23.1 Å². The molecule has 0 radical (unpaired) electrons. The van der Waals surface area contributed by atoms with Crippen molar-refractivity contribution in [2.45, 2.75) is 6.92 Å². The molecule has 1 aliphatic rings. The summed E-state index contributed by atoms with van der Waals surface area (Å²) < 4.78 is 5.04. The van der Waals surface area contributed by atoms with Gasteiger partial charge in [0.1, 0.15) is 6.54 Å². The highest BCUT2D eigenvalue weighted by atomic mass is 35.5. The average Bonchev–Trinajstić information content (AvgIpc) is 2.50. The highest BCUT2D eigenvalue weighted by Crippen LogP contribution is 2.19. The Morgan fingerprint density at radius 1 is 1.32 bits per heavy atom. The second-order valence-corrected chi connectivity index (χ2v) is 5.39. The Morgan fingerprint density at radius 3 is 2.45 bits per heavy atom. The zero-order valence-corrected chi connectivity index (χ0v) is 13.7. The van der Waals surface area contributed by atoms with Gasteiger partial charge in [0.05, 0.1) is 13.2 Å². The fraction of sp³-hybridized carbons (Fsp3) is 0.429. The number of carboxylic acid groups (broad SMARTS) is 1. The number of hydrogen-bond donors (Lipinski definition) is 2. The SMILES string of the molecule is Cc1ccc(Cl)cc1Cl.O=C(O)CNC(=O)N1CCOCC1. The maximum atomic E-state index is 11.2. The lowest BCUT2D eigenvalue weighted by atomic mass is 10.2. The number of carbonyl (C=O) groups excluding carboxylic acids is 1. The minimum absolute atomic E-state index is 0.337. The number of halogens is 2. The van der Waals surface area contributed by atoms with Crippen molar-refractivity contribution in [2.75, 3.05) is 32.8 Å². The molecule has 0 atom stereocenters. The van der Waals surface area contributed by atoms with Gasteiger partial charge in [-0.15, -0.1) is 0 Å². The molecule has 0 aromatic heterocycles. The number of ether oxygens (including phenoxy) is 1. The summed E-state index contributed by atoms with van der Waals surface area (Å²) in [5.74, 6) is -1.04. The quantitative estimate of drug-likeness (QED) is 0.860. The van der Waals surface area contributed by atoms with E-state index in [4.69, 9.17) is 33.0 Å². The van der Waals surface area contributed by atoms with Gasteiger partial charge in [-0.2, -0.15) is 0 Å². The third-order valence-corrected chi connectivity index (χ3v) is 3.47. The van der Waals surface area contributed by atoms with Crippen molar-refractivity contribution in [3.63, 3.8) is 0 Å². The van der Waals surface area contributed by atoms with Gasteiger partial charge in [0.15, 0.2) is 0 Å². The van der Waals surface area contributed by atoms with Crippen LogP contribution in [0, 0.1) is 6.92 Å². The number of nitrogens with zero attached hydrogens (tertiary/aromatic N) is 1. The number of morpholine rings is 1. The molecule has 1 fully saturated rings. The Morgan fingerprint density at radius 2 is 1.95 bits per heavy atom. The summed E-state index contributed by atoms with van der Waals surface area (Å²) in [6.45, 7) is 3.67. The lowest BCUT2D eigenvalue weighted by Crippen LogP contribution is -2.47. The number of nitrogens with one attached hydrogen (secondary N) is 1. The van der Waals surface area contributed by atoms with Crippen LogP contribution in [-0.4, -0.2) is 54.9 Å². The first kappa shape index (κ1) is 18.5. The zero-order valence-electron chi connectivity index (χ0n) is 12.1. The molecule has 6 nitrogen and oxygen atoms in total. The molecule has 2 amide bonds. The Balaban J connectivity index is 0.000000235. The molecule has 1 aromatic carbocycles. The first-order valence-electron chi connectivity index (χ1n) is 6.64. The van der Waals surface area contributed by atoms with Gasteiger partial charge >= 0.3 is 12.0 Å². The number of amides is 2. The molecule has 0 saturated carbocycles. The first-order valence-corrected chi connectivity index (χ1v) is 7.39. The number of aryl methyl sites for hydroxylation is 1. The minimum atomic E-state index is -1.04. The van der Waals surface area contributed by atoms with E-state index in [-0.39, 0.29) is 12.6 Å². The predicted molar refractivity (Wildman–Crippen MR) is 84.6 cm³/mol. The van der Waals surface area contributed by atoms with Crippen LogP contribution in [0.25, 0.3) is 0 Å². The van der Waals surface area contributed by atoms with Crippen molar-refractivity contribution in [1.29, 1.82) is 0 Å². The largest absolute Gasteiger partial charge is 0.480 e. The number of rotatable bonds is 2. The molecule has 0 spiro atoms. The molecule has 0 aliphatic carbocycles. The molecule has 0 unspecified atom stereocenters. The van der Waals surface area contributed by atoms with Crippen molar-refractivity contribution in [3.05, 3.63) is 33.8 Å². The van der Waals surface area contributed by atoms with E-state index >= 15 is 0 Å². The van der Waals surface area contributed by atoms with Crippen LogP contribution >= 0.6 is 23.2 Å². The molecule has 1 saturated heterocycles. The molecule has 1 heterocycles. The minimum Gasteiger partial charge on any atom is -0.480 e. The van der Waals surface area contributed by atoms with Crippen LogP contribution in [0.15, 0.2) is 18.2 Å². The van der Waals surface area contributed by atoms with Crippen LogP contribution in [0.3, 0.4) is 0 Å². The van der Waals surface area contributed by atoms with Crippen molar-refractivity contribution >= 4 is 35.2 Å². The summed E-state index contributed by atoms with van der Waals surface area (Å²) in [5.41, 5.74) is 1.06. The average molecular weight is 349 g/mol. The van der Waals surface area contributed by atoms with E-state index in [0.717, 1.165) is 10.6 Å². The smallest absolute Gasteiger partial charge is 0.323 e. The number of carbonyl (C=O) groups is 2. The Labute approximate surface area is 138 Å². The third kappa shape index (κ3) is 6.98. The molecular formula is C14H18Cl2N2O4. The second kappa shape index (κ2) is 9.50. The van der Waals surface area contributed by atoms with Gasteiger partial charge in [-0.3, -0.25) is 4.79 Å². The summed E-state index contributed by atoms with van der Waals surface area (Å²) >= 11 is 11.4. The van der Waals surface area contributed by atoms with Crippen LogP contribution in [-0.2, 0) is 9.53 Å². The standard InChI is InChI=1S/C7H6Cl2.C7H12N2O4/c1-5-2-3-6(8)4-7(5)9;10-6(11)5-8-7(12)9-1-3-13-4-2-9/h2-4H,1H3;1-5H2,(H,8,12)(H,10,11). The van der Waals surface area contributed by atoms with Crippen LogP contribution in [0.4, 0.5) is 4.79 Å². The molecule has 2 rings (SSSR count). The molecule has 0 bridgehead atoms. The lowest BCUT2D eigenvalue weighted by molar-refractivity contribution is -0.135. The van der Waals surface area contributed by atoms with Crippen LogP contribution in [0.5, 0.6) is 0 Å². The van der Waals surface area contributed by atoms with Gasteiger partial charge in [-0.25, -0.2) is 4.79 Å². The third-order valence-electron chi connectivity index (χ3n) is 2.82. The molecule has 8 heteroatoms. The fourth-order valence-corrected chi connectivity index (χ4v) is 2.01. The van der Waals surface area contributed by atoms with Crippen LogP contribution in [0.1, 0.15) is 5.56 Å². The number of hydrogen-bond acceptors (Lipinski definition) is 3. The van der Waals surface area contributed by atoms with Crippen molar-refractivity contribution in [1.82, 2.24) is 10.2 Å². The maximum Gasteiger partial charge on any atom is 0.323 e. The topological polar surface area (TPSA) is 78.9 Å². The molecule has 122 valence electrons. The normalized spacial score (nSPS) is 13.9. The van der Waals surface area contributed by atoms with Crippen LogP contribution < -0.4 is 5.32 Å². The lowest BCUT2D eigenvalue weighted by Gasteiger charge is -2.26. The molecule has 22 heavy (non-hydrogen) atoms. The Kier molecular flexibility index (Phi) is 8.01. The van der Waals surface area contributed by atoms with Gasteiger partial charge in [0.25, 0.3) is 0 Å². The van der Waals surface area contributed by atoms with E-state index in [9.17, 15) is 9.59 Å². The van der Waals surface area contributed by atoms with Gasteiger partial charge in [-0.05, 0) is 24.6 Å². The van der Waals surface area contributed by atoms with Crippen molar-refractivity contribution < 1.29 is 19.4 Å². The van der Waals surface area contributed by atoms with Gasteiger partial charge in [0.2, 0.25) is 0 Å². The predicted octanol–water partition coefficient (Wildman–Crippen LogP) is 2.41. The van der Waals surface area contributed by atoms with Crippen molar-refractivity contribution in [2.24, 2.45) is 0 Å². The number of urea groups is 1. The summed E-state index contributed by atoms with van der Waals surface area (Å²) in [7, 11) is 0. The number of aliphatic carboxylic acids is 1. The second-order valence-electron chi connectivity index (χ2n) is 4.55. The van der Waals surface area contributed by atoms with Crippen LogP contribution in [0.2, 0.25) is 10.0 Å². The molecule has 1 aliphatic heterocycles. The zero-order chi connectivity index (χ0) is 16.5. The summed E-state index contributed by atoms with van der Waals surface area (Å²) in [6, 6.07) is 5.11. The molecular weight excluding hydrogens is 331 g/mol. The van der Waals surface area contributed by atoms with E-state index in [2.05, 4.69) is 5.32 Å². The summed E-state index contributed by atoms with van der Waals surface area (Å²) in [5, 5.41) is 12.0. The molecule has 1 aromatic rings. The maximum absolute atomic E-state index is 11.2. The summed E-state index contributed by atoms with van der Waals surface area (Å²) in [6.07, 6.45) is 0. The number of carboxylic acids is 1. The Bertz CT molecular complexity index is 520. The van der Waals surface area contributed by atoms with E-state index in [0.29, 0.717) is 31.3 Å². The van der Waals surface area contributed by atoms with E-state index < -0.39 is 5.97 Å². The fourth-order valence-electron chi connectivity index (χ4n) is 1.60. The van der Waals surface area contributed by atoms with E-state index in [1.165, 1.54) is 4.90 Å². The van der Waals surface area contributed by atoms with E-state index in [1.54, 1.807) is 6.07 Å². The van der Waals surface area contributed by atoms with Gasteiger partial charge < -0.3 is 20.1 Å².